The minimum absolute atomic E-state index is 0.169. The van der Waals surface area contributed by atoms with Crippen LogP contribution in [0.15, 0.2) is 6.07 Å². The number of rotatable bonds is 7. The van der Waals surface area contributed by atoms with Gasteiger partial charge in [-0.2, -0.15) is 0 Å². The molecule has 6 nitrogen and oxygen atoms in total. The van der Waals surface area contributed by atoms with Crippen LogP contribution >= 0.6 is 11.3 Å². The number of thiophene rings is 1. The topological polar surface area (TPSA) is 92.5 Å². The maximum absolute atomic E-state index is 11.8. The summed E-state index contributed by atoms with van der Waals surface area (Å²) in [4.78, 5) is 13.3. The van der Waals surface area contributed by atoms with E-state index in [9.17, 15) is 13.2 Å². The lowest BCUT2D eigenvalue weighted by Gasteiger charge is -2.17. The van der Waals surface area contributed by atoms with Crippen molar-refractivity contribution in [3.8, 4) is 0 Å². The Morgan fingerprint density at radius 3 is 2.60 bits per heavy atom. The number of carbonyl (C=O) groups is 1. The fraction of sp³-hybridized carbons (Fsp3) is 0.583. The molecule has 0 fully saturated rings. The van der Waals surface area contributed by atoms with Crippen LogP contribution in [0.3, 0.4) is 0 Å². The second kappa shape index (κ2) is 7.05. The van der Waals surface area contributed by atoms with Crippen molar-refractivity contribution in [2.24, 2.45) is 0 Å². The van der Waals surface area contributed by atoms with E-state index >= 15 is 0 Å². The summed E-state index contributed by atoms with van der Waals surface area (Å²) in [6.07, 6.45) is 1.76. The van der Waals surface area contributed by atoms with Crippen LogP contribution in [0, 0.1) is 6.92 Å². The fourth-order valence-electron chi connectivity index (χ4n) is 1.71. The molecule has 0 spiro atoms. The molecule has 114 valence electrons. The van der Waals surface area contributed by atoms with Gasteiger partial charge in [0.1, 0.15) is 0 Å². The lowest BCUT2D eigenvalue weighted by molar-refractivity contribution is 0.0957. The van der Waals surface area contributed by atoms with Crippen LogP contribution in [0.2, 0.25) is 0 Å². The number of anilines is 1. The predicted molar refractivity (Wildman–Crippen MR) is 82.5 cm³/mol. The molecule has 0 bridgehead atoms. The Labute approximate surface area is 124 Å². The Morgan fingerprint density at radius 1 is 1.50 bits per heavy atom. The van der Waals surface area contributed by atoms with Crippen molar-refractivity contribution in [3.63, 3.8) is 0 Å². The van der Waals surface area contributed by atoms with E-state index in [-0.39, 0.29) is 5.91 Å². The van der Waals surface area contributed by atoms with Crippen LogP contribution in [0.25, 0.3) is 0 Å². The number of hydrogen-bond acceptors (Lipinski definition) is 5. The summed E-state index contributed by atoms with van der Waals surface area (Å²) >= 11 is 1.35. The van der Waals surface area contributed by atoms with Gasteiger partial charge in [-0.15, -0.1) is 11.3 Å². The summed E-state index contributed by atoms with van der Waals surface area (Å²) in [6.45, 7) is 4.93. The first kappa shape index (κ1) is 16.9. The van der Waals surface area contributed by atoms with E-state index in [2.05, 4.69) is 5.32 Å². The van der Waals surface area contributed by atoms with Crippen molar-refractivity contribution in [1.82, 2.24) is 9.62 Å². The zero-order valence-corrected chi connectivity index (χ0v) is 13.6. The molecule has 0 unspecified atom stereocenters. The number of nitrogens with two attached hydrogens (primary N) is 1. The highest BCUT2D eigenvalue weighted by Crippen LogP contribution is 2.23. The first-order chi connectivity index (χ1) is 9.25. The minimum atomic E-state index is -3.16. The maximum atomic E-state index is 11.8. The molecule has 0 aliphatic heterocycles. The van der Waals surface area contributed by atoms with Crippen LogP contribution < -0.4 is 11.1 Å². The highest BCUT2D eigenvalue weighted by atomic mass is 32.2. The Morgan fingerprint density at radius 2 is 2.15 bits per heavy atom. The molecule has 0 atom stereocenters. The van der Waals surface area contributed by atoms with E-state index in [0.29, 0.717) is 36.6 Å². The highest BCUT2D eigenvalue weighted by Gasteiger charge is 2.14. The smallest absolute Gasteiger partial charge is 0.261 e. The van der Waals surface area contributed by atoms with Crippen LogP contribution in [0.4, 0.5) is 5.69 Å². The third-order valence-electron chi connectivity index (χ3n) is 2.87. The quantitative estimate of drug-likeness (QED) is 0.734. The molecule has 1 amide bonds. The molecule has 8 heteroatoms. The number of sulfonamides is 1. The van der Waals surface area contributed by atoms with Gasteiger partial charge in [-0.1, -0.05) is 6.92 Å². The zero-order chi connectivity index (χ0) is 15.3. The molecule has 1 aromatic rings. The summed E-state index contributed by atoms with van der Waals surface area (Å²) in [5.41, 5.74) is 6.32. The normalized spacial score (nSPS) is 11.8. The van der Waals surface area contributed by atoms with E-state index in [4.69, 9.17) is 5.73 Å². The highest BCUT2D eigenvalue weighted by molar-refractivity contribution is 7.88. The Kier molecular flexibility index (Phi) is 5.97. The van der Waals surface area contributed by atoms with E-state index < -0.39 is 10.0 Å². The number of hydrogen-bond donors (Lipinski definition) is 2. The molecule has 3 N–H and O–H groups in total. The lowest BCUT2D eigenvalue weighted by atomic mass is 10.3. The summed E-state index contributed by atoms with van der Waals surface area (Å²) in [7, 11) is -3.16. The van der Waals surface area contributed by atoms with Crippen molar-refractivity contribution in [2.45, 2.75) is 20.3 Å². The largest absolute Gasteiger partial charge is 0.398 e. The molecule has 20 heavy (non-hydrogen) atoms. The number of nitrogen functional groups attached to an aromatic ring is 1. The van der Waals surface area contributed by atoms with Crippen LogP contribution in [-0.2, 0) is 10.0 Å². The van der Waals surface area contributed by atoms with Gasteiger partial charge in [0, 0.05) is 30.2 Å². The van der Waals surface area contributed by atoms with Crippen molar-refractivity contribution in [1.29, 1.82) is 0 Å². The summed E-state index contributed by atoms with van der Waals surface area (Å²) in [5, 5.41) is 2.76. The SMILES string of the molecule is CCN(CCCNC(=O)c1cc(N)c(C)s1)S(C)(=O)=O. The second-order valence-electron chi connectivity index (χ2n) is 4.49. The van der Waals surface area contributed by atoms with Crippen LogP contribution in [0.1, 0.15) is 27.9 Å². The maximum Gasteiger partial charge on any atom is 0.261 e. The van der Waals surface area contributed by atoms with Gasteiger partial charge in [0.2, 0.25) is 10.0 Å². The summed E-state index contributed by atoms with van der Waals surface area (Å²) in [6, 6.07) is 1.66. The standard InChI is InChI=1S/C12H21N3O3S2/c1-4-15(20(3,17)18)7-5-6-14-12(16)11-8-10(13)9(2)19-11/h8H,4-7,13H2,1-3H3,(H,14,16). The molecule has 1 heterocycles. The van der Waals surface area contributed by atoms with Crippen LogP contribution in [-0.4, -0.2) is 44.5 Å². The van der Waals surface area contributed by atoms with Gasteiger partial charge in [-0.05, 0) is 19.4 Å². The molecule has 0 aliphatic carbocycles. The second-order valence-corrected chi connectivity index (χ2v) is 7.73. The van der Waals surface area contributed by atoms with Gasteiger partial charge in [0.25, 0.3) is 5.91 Å². The number of nitrogens with one attached hydrogen (secondary N) is 1. The average Bonchev–Trinajstić information content (AvgIpc) is 2.68. The van der Waals surface area contributed by atoms with E-state index in [0.717, 1.165) is 4.88 Å². The molecule has 0 aliphatic rings. The lowest BCUT2D eigenvalue weighted by Crippen LogP contribution is -2.33. The number of aryl methyl sites for hydroxylation is 1. The van der Waals surface area contributed by atoms with Gasteiger partial charge in [-0.3, -0.25) is 4.79 Å². The molecule has 0 saturated heterocycles. The summed E-state index contributed by atoms with van der Waals surface area (Å²) in [5.74, 6) is -0.169. The average molecular weight is 319 g/mol. The third-order valence-corrected chi connectivity index (χ3v) is 5.32. The molecule has 0 saturated carbocycles. The molecule has 1 rings (SSSR count). The van der Waals surface area contributed by atoms with Gasteiger partial charge in [0.05, 0.1) is 11.1 Å². The van der Waals surface area contributed by atoms with Gasteiger partial charge in [0.15, 0.2) is 0 Å². The zero-order valence-electron chi connectivity index (χ0n) is 12.0. The monoisotopic (exact) mass is 319 g/mol. The van der Waals surface area contributed by atoms with Gasteiger partial charge >= 0.3 is 0 Å². The number of amides is 1. The molecule has 1 aromatic heterocycles. The van der Waals surface area contributed by atoms with E-state index in [1.807, 2.05) is 6.92 Å². The Bertz CT molecular complexity index is 547. The van der Waals surface area contributed by atoms with Crippen molar-refractivity contribution in [3.05, 3.63) is 15.8 Å². The third kappa shape index (κ3) is 4.77. The first-order valence-electron chi connectivity index (χ1n) is 6.35. The molecular formula is C12H21N3O3S2. The van der Waals surface area contributed by atoms with E-state index in [1.54, 1.807) is 13.0 Å². The van der Waals surface area contributed by atoms with Crippen molar-refractivity contribution < 1.29 is 13.2 Å². The number of carbonyl (C=O) groups excluding carboxylic acids is 1. The number of nitrogens with zero attached hydrogens (tertiary/aromatic N) is 1. The van der Waals surface area contributed by atoms with E-state index in [1.165, 1.54) is 21.9 Å². The summed E-state index contributed by atoms with van der Waals surface area (Å²) < 4.78 is 24.1. The molecule has 0 radical (unpaired) electrons. The minimum Gasteiger partial charge on any atom is -0.398 e. The first-order valence-corrected chi connectivity index (χ1v) is 9.01. The van der Waals surface area contributed by atoms with Crippen molar-refractivity contribution in [2.75, 3.05) is 31.6 Å². The Hall–Kier alpha value is -1.12. The van der Waals surface area contributed by atoms with Crippen LogP contribution in [0.5, 0.6) is 0 Å². The van der Waals surface area contributed by atoms with Gasteiger partial charge in [-0.25, -0.2) is 12.7 Å². The molecule has 0 aromatic carbocycles. The van der Waals surface area contributed by atoms with Gasteiger partial charge < -0.3 is 11.1 Å². The molecular weight excluding hydrogens is 298 g/mol. The predicted octanol–water partition coefficient (Wildman–Crippen LogP) is 1.04. The fourth-order valence-corrected chi connectivity index (χ4v) is 3.50. The van der Waals surface area contributed by atoms with Crippen molar-refractivity contribution >= 4 is 33.0 Å². The Balaban J connectivity index is 2.39.